The van der Waals surface area contributed by atoms with Crippen molar-refractivity contribution in [3.05, 3.63) is 45.4 Å². The number of fused-ring (bicyclic) bond motifs is 1. The Balaban J connectivity index is 2.24. The van der Waals surface area contributed by atoms with Crippen molar-refractivity contribution in [1.82, 2.24) is 9.78 Å². The molecular weight excluding hydrogens is 325 g/mol. The molecule has 3 rings (SSSR count). The van der Waals surface area contributed by atoms with E-state index in [1.54, 1.807) is 6.07 Å². The van der Waals surface area contributed by atoms with E-state index in [1.165, 1.54) is 16.8 Å². The van der Waals surface area contributed by atoms with E-state index in [9.17, 15) is 9.18 Å². The van der Waals surface area contributed by atoms with Crippen molar-refractivity contribution in [2.24, 2.45) is 0 Å². The van der Waals surface area contributed by atoms with E-state index < -0.39 is 0 Å². The van der Waals surface area contributed by atoms with E-state index >= 15 is 0 Å². The number of hydrogen-bond acceptors (Lipinski definition) is 3. The average Bonchev–Trinajstić information content (AvgIpc) is 2.82. The molecule has 2 aromatic rings. The number of benzene rings is 1. The highest BCUT2D eigenvalue weighted by Crippen LogP contribution is 2.28. The zero-order chi connectivity index (χ0) is 14.3. The van der Waals surface area contributed by atoms with Crippen LogP contribution < -0.4 is 0 Å². The van der Waals surface area contributed by atoms with E-state index in [4.69, 9.17) is 5.26 Å². The number of Topliss-reactive ketones (excluding diaryl/α,β-unsaturated/α-hetero) is 1. The fraction of sp³-hybridized carbons (Fsp3) is 0.214. The molecule has 6 heteroatoms. The van der Waals surface area contributed by atoms with Crippen molar-refractivity contribution in [1.29, 1.82) is 5.26 Å². The van der Waals surface area contributed by atoms with Gasteiger partial charge in [0.25, 0.3) is 0 Å². The van der Waals surface area contributed by atoms with Crippen LogP contribution in [0.5, 0.6) is 0 Å². The molecule has 0 aliphatic heterocycles. The van der Waals surface area contributed by atoms with Gasteiger partial charge in [-0.15, -0.1) is 0 Å². The second-order valence-corrected chi connectivity index (χ2v) is 5.43. The maximum absolute atomic E-state index is 13.3. The number of carbonyl (C=O) groups excluding carboxylic acids is 1. The molecule has 1 aromatic heterocycles. The van der Waals surface area contributed by atoms with Crippen molar-refractivity contribution in [2.75, 3.05) is 0 Å². The van der Waals surface area contributed by atoms with Gasteiger partial charge in [0.1, 0.15) is 17.6 Å². The Morgan fingerprint density at radius 2 is 2.20 bits per heavy atom. The zero-order valence-corrected chi connectivity index (χ0v) is 11.9. The summed E-state index contributed by atoms with van der Waals surface area (Å²) in [6, 6.07) is 6.41. The lowest BCUT2D eigenvalue weighted by Crippen LogP contribution is -2.15. The first-order chi connectivity index (χ1) is 9.61. The molecule has 4 nitrogen and oxygen atoms in total. The third kappa shape index (κ3) is 1.95. The summed E-state index contributed by atoms with van der Waals surface area (Å²) in [6.07, 6.45) is 1.86. The maximum atomic E-state index is 13.3. The van der Waals surface area contributed by atoms with Crippen LogP contribution in [-0.2, 0) is 6.42 Å². The van der Waals surface area contributed by atoms with Crippen LogP contribution in [0.3, 0.4) is 0 Å². The van der Waals surface area contributed by atoms with Gasteiger partial charge < -0.3 is 0 Å². The lowest BCUT2D eigenvalue weighted by Gasteiger charge is -2.13. The second kappa shape index (κ2) is 4.84. The molecular formula is C14H9BrFN3O. The zero-order valence-electron chi connectivity index (χ0n) is 10.4. The van der Waals surface area contributed by atoms with Gasteiger partial charge in [0.15, 0.2) is 11.5 Å². The highest BCUT2D eigenvalue weighted by atomic mass is 79.9. The van der Waals surface area contributed by atoms with Gasteiger partial charge in [-0.1, -0.05) is 0 Å². The van der Waals surface area contributed by atoms with Crippen molar-refractivity contribution in [2.45, 2.75) is 19.3 Å². The average molecular weight is 334 g/mol. The van der Waals surface area contributed by atoms with E-state index in [2.05, 4.69) is 21.0 Å². The summed E-state index contributed by atoms with van der Waals surface area (Å²) in [6.45, 7) is 0. The highest BCUT2D eigenvalue weighted by Gasteiger charge is 2.27. The smallest absolute Gasteiger partial charge is 0.181 e. The van der Waals surface area contributed by atoms with Crippen LogP contribution in [0.2, 0.25) is 0 Å². The van der Waals surface area contributed by atoms with Crippen LogP contribution in [0.25, 0.3) is 5.69 Å². The van der Waals surface area contributed by atoms with Crippen LogP contribution in [0.4, 0.5) is 4.39 Å². The van der Waals surface area contributed by atoms with Crippen molar-refractivity contribution in [3.63, 3.8) is 0 Å². The van der Waals surface area contributed by atoms with Crippen molar-refractivity contribution < 1.29 is 9.18 Å². The highest BCUT2D eigenvalue weighted by molar-refractivity contribution is 9.10. The lowest BCUT2D eigenvalue weighted by molar-refractivity contribution is 0.0965. The normalized spacial score (nSPS) is 13.9. The molecule has 0 spiro atoms. The molecule has 0 saturated carbocycles. The molecule has 1 heterocycles. The SMILES string of the molecule is N#Cc1nn(-c2ccc(F)c(Br)c2)c2c1CCCC2=O. The first-order valence-corrected chi connectivity index (χ1v) is 6.91. The number of nitrogens with zero attached hydrogens (tertiary/aromatic N) is 3. The number of halogens is 2. The molecule has 1 aliphatic rings. The van der Waals surface area contributed by atoms with Gasteiger partial charge in [-0.2, -0.15) is 10.4 Å². The number of carbonyl (C=O) groups is 1. The third-order valence-electron chi connectivity index (χ3n) is 3.33. The summed E-state index contributed by atoms with van der Waals surface area (Å²) < 4.78 is 15.0. The molecule has 100 valence electrons. The van der Waals surface area contributed by atoms with Gasteiger partial charge >= 0.3 is 0 Å². The Bertz CT molecular complexity index is 761. The summed E-state index contributed by atoms with van der Waals surface area (Å²) in [7, 11) is 0. The first-order valence-electron chi connectivity index (χ1n) is 6.12. The Morgan fingerprint density at radius 1 is 1.40 bits per heavy atom. The summed E-state index contributed by atoms with van der Waals surface area (Å²) in [5.41, 5.74) is 1.98. The number of nitriles is 1. The number of ketones is 1. The minimum absolute atomic E-state index is 0.0271. The molecule has 1 aromatic carbocycles. The van der Waals surface area contributed by atoms with Crippen molar-refractivity contribution >= 4 is 21.7 Å². The van der Waals surface area contributed by atoms with Gasteiger partial charge in [-0.25, -0.2) is 9.07 Å². The largest absolute Gasteiger partial charge is 0.292 e. The van der Waals surface area contributed by atoms with Crippen LogP contribution in [-0.4, -0.2) is 15.6 Å². The molecule has 20 heavy (non-hydrogen) atoms. The van der Waals surface area contributed by atoms with Gasteiger partial charge in [0.05, 0.1) is 10.2 Å². The Labute approximate surface area is 123 Å². The Morgan fingerprint density at radius 3 is 2.90 bits per heavy atom. The van der Waals surface area contributed by atoms with Gasteiger partial charge in [-0.05, 0) is 47.0 Å². The van der Waals surface area contributed by atoms with Gasteiger partial charge in [0, 0.05) is 12.0 Å². The number of rotatable bonds is 1. The molecule has 0 fully saturated rings. The Kier molecular flexibility index (Phi) is 3.14. The van der Waals surface area contributed by atoms with E-state index in [1.807, 2.05) is 6.07 Å². The lowest BCUT2D eigenvalue weighted by atomic mass is 9.95. The van der Waals surface area contributed by atoms with Crippen LogP contribution >= 0.6 is 15.9 Å². The standard InChI is InChI=1S/C14H9BrFN3O/c15-10-6-8(4-5-11(10)16)19-14-9(12(7-17)18-19)2-1-3-13(14)20/h4-6H,1-3H2. The van der Waals surface area contributed by atoms with Crippen LogP contribution in [0.15, 0.2) is 22.7 Å². The van der Waals surface area contributed by atoms with Gasteiger partial charge in [0.2, 0.25) is 0 Å². The number of aromatic nitrogens is 2. The first kappa shape index (κ1) is 13.0. The van der Waals surface area contributed by atoms with Crippen LogP contribution in [0.1, 0.15) is 34.6 Å². The predicted molar refractivity (Wildman–Crippen MR) is 73.2 cm³/mol. The summed E-state index contributed by atoms with van der Waals surface area (Å²) >= 11 is 3.11. The molecule has 0 saturated heterocycles. The topological polar surface area (TPSA) is 58.7 Å². The van der Waals surface area contributed by atoms with E-state index in [-0.39, 0.29) is 17.3 Å². The fourth-order valence-corrected chi connectivity index (χ4v) is 2.78. The monoisotopic (exact) mass is 333 g/mol. The molecule has 0 bridgehead atoms. The summed E-state index contributed by atoms with van der Waals surface area (Å²) in [4.78, 5) is 12.1. The minimum Gasteiger partial charge on any atom is -0.292 e. The molecule has 0 N–H and O–H groups in total. The predicted octanol–water partition coefficient (Wildman–Crippen LogP) is 3.16. The van der Waals surface area contributed by atoms with Crippen LogP contribution in [0, 0.1) is 17.1 Å². The Hall–Kier alpha value is -2.00. The summed E-state index contributed by atoms with van der Waals surface area (Å²) in [5.74, 6) is -0.415. The molecule has 1 aliphatic carbocycles. The molecule has 0 unspecified atom stereocenters. The second-order valence-electron chi connectivity index (χ2n) is 4.57. The molecule has 0 amide bonds. The maximum Gasteiger partial charge on any atom is 0.181 e. The molecule has 0 radical (unpaired) electrons. The molecule has 0 atom stereocenters. The quantitative estimate of drug-likeness (QED) is 0.805. The minimum atomic E-state index is -0.387. The third-order valence-corrected chi connectivity index (χ3v) is 3.94. The number of hydrogen-bond donors (Lipinski definition) is 0. The fourth-order valence-electron chi connectivity index (χ4n) is 2.41. The van der Waals surface area contributed by atoms with E-state index in [0.29, 0.717) is 34.3 Å². The van der Waals surface area contributed by atoms with Gasteiger partial charge in [-0.3, -0.25) is 4.79 Å². The summed E-state index contributed by atoms with van der Waals surface area (Å²) in [5, 5.41) is 13.3. The van der Waals surface area contributed by atoms with Crippen molar-refractivity contribution in [3.8, 4) is 11.8 Å². The van der Waals surface area contributed by atoms with E-state index in [0.717, 1.165) is 6.42 Å².